The summed E-state index contributed by atoms with van der Waals surface area (Å²) in [6.07, 6.45) is 8.03. The molecule has 1 aliphatic rings. The number of aromatic nitrogens is 6. The maximum atomic E-state index is 5.02. The Morgan fingerprint density at radius 3 is 2.89 bits per heavy atom. The molecule has 4 aromatic rings. The second-order valence-electron chi connectivity index (χ2n) is 7.26. The van der Waals surface area contributed by atoms with Crippen molar-refractivity contribution in [3.8, 4) is 11.1 Å². The zero-order chi connectivity index (χ0) is 19.1. The highest BCUT2D eigenvalue weighted by Crippen LogP contribution is 2.31. The van der Waals surface area contributed by atoms with E-state index in [1.165, 1.54) is 18.0 Å². The zero-order valence-electron chi connectivity index (χ0n) is 15.9. The van der Waals surface area contributed by atoms with E-state index in [1.807, 2.05) is 43.1 Å². The van der Waals surface area contributed by atoms with Crippen LogP contribution in [0.4, 0.5) is 10.8 Å². The van der Waals surface area contributed by atoms with Crippen LogP contribution in [0.3, 0.4) is 0 Å². The summed E-state index contributed by atoms with van der Waals surface area (Å²) in [7, 11) is 1.92. The van der Waals surface area contributed by atoms with Gasteiger partial charge in [0.25, 0.3) is 0 Å². The zero-order valence-corrected chi connectivity index (χ0v) is 16.7. The average molecular weight is 395 g/mol. The van der Waals surface area contributed by atoms with E-state index in [2.05, 4.69) is 31.3 Å². The molecule has 0 aliphatic carbocycles. The van der Waals surface area contributed by atoms with Gasteiger partial charge in [-0.2, -0.15) is 19.1 Å². The van der Waals surface area contributed by atoms with Crippen LogP contribution >= 0.6 is 11.5 Å². The third-order valence-electron chi connectivity index (χ3n) is 5.10. The Morgan fingerprint density at radius 1 is 1.25 bits per heavy atom. The van der Waals surface area contributed by atoms with E-state index in [-0.39, 0.29) is 0 Å². The molecule has 0 radical (unpaired) electrons. The minimum atomic E-state index is 0.402. The van der Waals surface area contributed by atoms with Crippen molar-refractivity contribution >= 4 is 28.0 Å². The molecule has 5 rings (SSSR count). The number of nitrogens with zero attached hydrogens (tertiary/aromatic N) is 6. The molecule has 0 aromatic carbocycles. The van der Waals surface area contributed by atoms with Gasteiger partial charge >= 0.3 is 0 Å². The molecule has 8 nitrogen and oxygen atoms in total. The van der Waals surface area contributed by atoms with E-state index < -0.39 is 0 Å². The number of anilines is 2. The molecule has 4 aromatic heterocycles. The molecule has 1 atom stereocenters. The van der Waals surface area contributed by atoms with Gasteiger partial charge in [0.2, 0.25) is 0 Å². The van der Waals surface area contributed by atoms with E-state index in [0.29, 0.717) is 5.92 Å². The van der Waals surface area contributed by atoms with Crippen molar-refractivity contribution < 1.29 is 0 Å². The second kappa shape index (κ2) is 6.99. The molecule has 9 heteroatoms. The normalized spacial score (nSPS) is 17.3. The van der Waals surface area contributed by atoms with Crippen LogP contribution in [0.15, 0.2) is 30.7 Å². The van der Waals surface area contributed by atoms with Crippen LogP contribution in [0.1, 0.15) is 30.1 Å². The molecule has 0 saturated carbocycles. The SMILES string of the molecule is Cc1cc(Nc2cc([C@@H]3CCCNC3)nc3c(-c4cnn(C)c4)cnn23)sn1. The highest BCUT2D eigenvalue weighted by Gasteiger charge is 2.21. The van der Waals surface area contributed by atoms with Crippen LogP contribution in [0.5, 0.6) is 0 Å². The van der Waals surface area contributed by atoms with E-state index in [4.69, 9.17) is 4.98 Å². The van der Waals surface area contributed by atoms with Crippen molar-refractivity contribution in [1.29, 1.82) is 0 Å². The highest BCUT2D eigenvalue weighted by atomic mass is 32.1. The fourth-order valence-electron chi connectivity index (χ4n) is 3.70. The molecule has 1 fully saturated rings. The van der Waals surface area contributed by atoms with Crippen molar-refractivity contribution in [3.63, 3.8) is 0 Å². The monoisotopic (exact) mass is 394 g/mol. The van der Waals surface area contributed by atoms with Gasteiger partial charge in [0, 0.05) is 42.9 Å². The molecular weight excluding hydrogens is 372 g/mol. The third-order valence-corrected chi connectivity index (χ3v) is 5.90. The highest BCUT2D eigenvalue weighted by molar-refractivity contribution is 7.10. The van der Waals surface area contributed by atoms with Gasteiger partial charge in [0.1, 0.15) is 10.8 Å². The second-order valence-corrected chi connectivity index (χ2v) is 8.07. The molecule has 0 unspecified atom stereocenters. The standard InChI is InChI=1S/C19H22N8S/c1-12-6-18(28-25-12)24-17-7-16(13-4-3-5-20-8-13)23-19-15(10-22-27(17)19)14-9-21-26(2)11-14/h6-7,9-11,13,20,24H,3-5,8H2,1-2H3/t13-/m1/s1. The molecule has 2 N–H and O–H groups in total. The number of aryl methyl sites for hydroxylation is 2. The summed E-state index contributed by atoms with van der Waals surface area (Å²) in [6.45, 7) is 4.04. The first-order chi connectivity index (χ1) is 13.7. The fourth-order valence-corrected chi connectivity index (χ4v) is 4.37. The van der Waals surface area contributed by atoms with Crippen molar-refractivity contribution in [2.45, 2.75) is 25.7 Å². The largest absolute Gasteiger partial charge is 0.331 e. The minimum absolute atomic E-state index is 0.402. The average Bonchev–Trinajstić information content (AvgIpc) is 3.42. The number of nitrogens with one attached hydrogen (secondary N) is 2. The van der Waals surface area contributed by atoms with Gasteiger partial charge in [-0.25, -0.2) is 4.98 Å². The number of fused-ring (bicyclic) bond motifs is 1. The lowest BCUT2D eigenvalue weighted by atomic mass is 9.96. The summed E-state index contributed by atoms with van der Waals surface area (Å²) < 4.78 is 8.04. The molecule has 144 valence electrons. The summed E-state index contributed by atoms with van der Waals surface area (Å²) in [5.74, 6) is 1.31. The van der Waals surface area contributed by atoms with Gasteiger partial charge in [-0.1, -0.05) is 0 Å². The molecule has 5 heterocycles. The summed E-state index contributed by atoms with van der Waals surface area (Å²) in [6, 6.07) is 4.17. The molecular formula is C19H22N8S. The maximum absolute atomic E-state index is 5.02. The smallest absolute Gasteiger partial charge is 0.165 e. The number of hydrogen-bond acceptors (Lipinski definition) is 7. The lowest BCUT2D eigenvalue weighted by Gasteiger charge is -2.23. The Labute approximate surface area is 166 Å². The van der Waals surface area contributed by atoms with E-state index in [1.54, 1.807) is 4.68 Å². The van der Waals surface area contributed by atoms with Gasteiger partial charge in [-0.15, -0.1) is 0 Å². The Balaban J connectivity index is 1.64. The predicted octanol–water partition coefficient (Wildman–Crippen LogP) is 3.11. The Kier molecular flexibility index (Phi) is 4.33. The summed E-state index contributed by atoms with van der Waals surface area (Å²) in [4.78, 5) is 5.02. The maximum Gasteiger partial charge on any atom is 0.165 e. The number of piperidine rings is 1. The van der Waals surface area contributed by atoms with Crippen LogP contribution < -0.4 is 10.6 Å². The number of rotatable bonds is 4. The molecule has 0 spiro atoms. The van der Waals surface area contributed by atoms with Crippen LogP contribution in [-0.2, 0) is 7.05 Å². The van der Waals surface area contributed by atoms with Crippen molar-refractivity contribution in [1.82, 2.24) is 34.1 Å². The third kappa shape index (κ3) is 3.16. The summed E-state index contributed by atoms with van der Waals surface area (Å²) in [5.41, 5.74) is 4.95. The molecule has 28 heavy (non-hydrogen) atoms. The Morgan fingerprint density at radius 2 is 2.18 bits per heavy atom. The first-order valence-electron chi connectivity index (χ1n) is 9.46. The van der Waals surface area contributed by atoms with Crippen molar-refractivity contribution in [3.05, 3.63) is 42.1 Å². The summed E-state index contributed by atoms with van der Waals surface area (Å²) >= 11 is 1.45. The quantitative estimate of drug-likeness (QED) is 0.553. The fraction of sp³-hybridized carbons (Fsp3) is 0.368. The molecule has 1 saturated heterocycles. The van der Waals surface area contributed by atoms with Gasteiger partial charge in [-0.3, -0.25) is 4.68 Å². The lowest BCUT2D eigenvalue weighted by molar-refractivity contribution is 0.455. The van der Waals surface area contributed by atoms with E-state index in [9.17, 15) is 0 Å². The van der Waals surface area contributed by atoms with E-state index in [0.717, 1.165) is 58.5 Å². The first-order valence-corrected chi connectivity index (χ1v) is 10.2. The lowest BCUT2D eigenvalue weighted by Crippen LogP contribution is -2.29. The van der Waals surface area contributed by atoms with Gasteiger partial charge in [0.05, 0.1) is 23.8 Å². The Hall–Kier alpha value is -2.78. The van der Waals surface area contributed by atoms with Crippen molar-refractivity contribution in [2.75, 3.05) is 18.4 Å². The van der Waals surface area contributed by atoms with Crippen LogP contribution in [0.25, 0.3) is 16.8 Å². The van der Waals surface area contributed by atoms with E-state index >= 15 is 0 Å². The first kappa shape index (κ1) is 17.3. The van der Waals surface area contributed by atoms with Crippen molar-refractivity contribution in [2.24, 2.45) is 7.05 Å². The van der Waals surface area contributed by atoms with Gasteiger partial charge < -0.3 is 10.6 Å². The Bertz CT molecular complexity index is 1120. The van der Waals surface area contributed by atoms with Gasteiger partial charge in [0.15, 0.2) is 5.65 Å². The summed E-state index contributed by atoms with van der Waals surface area (Å²) in [5, 5.41) is 16.9. The molecule has 1 aliphatic heterocycles. The van der Waals surface area contributed by atoms with Crippen LogP contribution in [0, 0.1) is 6.92 Å². The van der Waals surface area contributed by atoms with Crippen LogP contribution in [0.2, 0.25) is 0 Å². The molecule has 0 bridgehead atoms. The number of hydrogen-bond donors (Lipinski definition) is 2. The van der Waals surface area contributed by atoms with Crippen LogP contribution in [-0.4, -0.2) is 41.8 Å². The topological polar surface area (TPSA) is 85.0 Å². The predicted molar refractivity (Wildman–Crippen MR) is 110 cm³/mol. The molecule has 0 amide bonds. The van der Waals surface area contributed by atoms with Gasteiger partial charge in [-0.05, 0) is 43.9 Å². The minimum Gasteiger partial charge on any atom is -0.331 e.